The second-order valence-corrected chi connectivity index (χ2v) is 4.26. The highest BCUT2D eigenvalue weighted by Crippen LogP contribution is 2.27. The number of hydrogen-bond acceptors (Lipinski definition) is 4. The van der Waals surface area contributed by atoms with E-state index in [9.17, 15) is 9.59 Å². The first-order chi connectivity index (χ1) is 9.47. The first kappa shape index (κ1) is 16.1. The number of urea groups is 1. The molecule has 110 valence electrons. The number of carbonyl (C=O) groups excluding carboxylic acids is 1. The molecular weight excluding hydrogens is 288 g/mol. The third-order valence-corrected chi connectivity index (χ3v) is 2.73. The fourth-order valence-electron chi connectivity index (χ4n) is 1.46. The van der Waals surface area contributed by atoms with Gasteiger partial charge in [0.1, 0.15) is 11.8 Å². The molecule has 1 aromatic rings. The maximum absolute atomic E-state index is 11.6. The van der Waals surface area contributed by atoms with E-state index in [2.05, 4.69) is 10.6 Å². The van der Waals surface area contributed by atoms with Gasteiger partial charge in [-0.15, -0.1) is 0 Å². The van der Waals surface area contributed by atoms with Gasteiger partial charge in [0.2, 0.25) is 0 Å². The molecule has 0 radical (unpaired) electrons. The molecule has 1 atom stereocenters. The molecule has 0 spiro atoms. The van der Waals surface area contributed by atoms with Crippen LogP contribution in [0.15, 0.2) is 18.2 Å². The Bertz CT molecular complexity index is 495. The van der Waals surface area contributed by atoms with E-state index < -0.39 is 18.0 Å². The lowest BCUT2D eigenvalue weighted by atomic mass is 10.2. The van der Waals surface area contributed by atoms with E-state index in [1.807, 2.05) is 0 Å². The summed E-state index contributed by atoms with van der Waals surface area (Å²) in [6.07, 6.45) is -0.0773. The predicted octanol–water partition coefficient (Wildman–Crippen LogP) is 1.31. The molecule has 0 bridgehead atoms. The lowest BCUT2D eigenvalue weighted by Gasteiger charge is -2.14. The van der Waals surface area contributed by atoms with Crippen LogP contribution in [0.2, 0.25) is 5.02 Å². The van der Waals surface area contributed by atoms with Crippen molar-refractivity contribution in [3.63, 3.8) is 0 Å². The summed E-state index contributed by atoms with van der Waals surface area (Å²) in [5, 5.41) is 22.5. The summed E-state index contributed by atoms with van der Waals surface area (Å²) in [6, 6.07) is 2.75. The molecule has 7 nitrogen and oxygen atoms in total. The molecular formula is C12H15ClN2O5. The maximum Gasteiger partial charge on any atom is 0.326 e. The van der Waals surface area contributed by atoms with E-state index in [-0.39, 0.29) is 13.0 Å². The number of anilines is 1. The van der Waals surface area contributed by atoms with Gasteiger partial charge >= 0.3 is 12.0 Å². The van der Waals surface area contributed by atoms with Crippen LogP contribution in [0.4, 0.5) is 10.5 Å². The number of aliphatic hydroxyl groups is 1. The standard InChI is InChI=1S/C12H15ClN2O5/c1-20-10-3-2-7(6-8(10)13)14-12(19)15-9(4-5-16)11(17)18/h2-3,6,9,16H,4-5H2,1H3,(H,17,18)(H2,14,15,19)/t9-/m1/s1. The van der Waals surface area contributed by atoms with Crippen LogP contribution in [0, 0.1) is 0 Å². The third-order valence-electron chi connectivity index (χ3n) is 2.43. The average molecular weight is 303 g/mol. The molecule has 0 aromatic heterocycles. The predicted molar refractivity (Wildman–Crippen MR) is 73.3 cm³/mol. The number of rotatable bonds is 6. The Morgan fingerprint density at radius 1 is 1.45 bits per heavy atom. The van der Waals surface area contributed by atoms with Crippen molar-refractivity contribution in [2.24, 2.45) is 0 Å². The maximum atomic E-state index is 11.6. The molecule has 0 saturated carbocycles. The molecule has 0 heterocycles. The number of benzene rings is 1. The van der Waals surface area contributed by atoms with Crippen LogP contribution in [0.1, 0.15) is 6.42 Å². The Balaban J connectivity index is 2.66. The van der Waals surface area contributed by atoms with Gasteiger partial charge in [0.15, 0.2) is 0 Å². The van der Waals surface area contributed by atoms with E-state index in [0.29, 0.717) is 16.5 Å². The van der Waals surface area contributed by atoms with Crippen LogP contribution >= 0.6 is 11.6 Å². The highest BCUT2D eigenvalue weighted by Gasteiger charge is 2.19. The summed E-state index contributed by atoms with van der Waals surface area (Å²) in [5.41, 5.74) is 0.390. The number of halogens is 1. The van der Waals surface area contributed by atoms with Gasteiger partial charge in [-0.25, -0.2) is 9.59 Å². The van der Waals surface area contributed by atoms with Gasteiger partial charge in [-0.2, -0.15) is 0 Å². The van der Waals surface area contributed by atoms with E-state index in [1.165, 1.54) is 13.2 Å². The minimum atomic E-state index is -1.22. The van der Waals surface area contributed by atoms with E-state index in [1.54, 1.807) is 12.1 Å². The topological polar surface area (TPSA) is 108 Å². The number of methoxy groups -OCH3 is 1. The molecule has 0 aliphatic rings. The van der Waals surface area contributed by atoms with Gasteiger partial charge < -0.3 is 25.6 Å². The number of carbonyl (C=O) groups is 2. The van der Waals surface area contributed by atoms with Gasteiger partial charge in [0.25, 0.3) is 0 Å². The van der Waals surface area contributed by atoms with Crippen molar-refractivity contribution in [3.05, 3.63) is 23.2 Å². The fraction of sp³-hybridized carbons (Fsp3) is 0.333. The number of ether oxygens (including phenoxy) is 1. The fourth-order valence-corrected chi connectivity index (χ4v) is 1.71. The Kier molecular flexibility index (Phi) is 6.08. The monoisotopic (exact) mass is 302 g/mol. The van der Waals surface area contributed by atoms with Gasteiger partial charge in [0.05, 0.1) is 12.1 Å². The normalized spacial score (nSPS) is 11.6. The smallest absolute Gasteiger partial charge is 0.326 e. The molecule has 1 rings (SSSR count). The van der Waals surface area contributed by atoms with Gasteiger partial charge in [-0.05, 0) is 18.2 Å². The lowest BCUT2D eigenvalue weighted by Crippen LogP contribution is -2.43. The number of amides is 2. The van der Waals surface area contributed by atoms with Crippen LogP contribution in [0.3, 0.4) is 0 Å². The lowest BCUT2D eigenvalue weighted by molar-refractivity contribution is -0.139. The molecule has 0 fully saturated rings. The molecule has 4 N–H and O–H groups in total. The van der Waals surface area contributed by atoms with Crippen molar-refractivity contribution >= 4 is 29.3 Å². The van der Waals surface area contributed by atoms with Crippen molar-refractivity contribution in [1.29, 1.82) is 0 Å². The highest BCUT2D eigenvalue weighted by molar-refractivity contribution is 6.32. The van der Waals surface area contributed by atoms with E-state index >= 15 is 0 Å². The molecule has 20 heavy (non-hydrogen) atoms. The summed E-state index contributed by atoms with van der Waals surface area (Å²) in [6.45, 7) is -0.342. The zero-order valence-corrected chi connectivity index (χ0v) is 11.5. The number of aliphatic hydroxyl groups excluding tert-OH is 1. The Morgan fingerprint density at radius 2 is 2.15 bits per heavy atom. The van der Waals surface area contributed by atoms with Crippen LogP contribution in [0.5, 0.6) is 5.75 Å². The first-order valence-corrected chi connectivity index (χ1v) is 6.10. The number of carboxylic acids is 1. The van der Waals surface area contributed by atoms with Crippen molar-refractivity contribution in [3.8, 4) is 5.75 Å². The summed E-state index contributed by atoms with van der Waals surface area (Å²) in [5.74, 6) is -0.761. The minimum Gasteiger partial charge on any atom is -0.495 e. The Morgan fingerprint density at radius 3 is 2.65 bits per heavy atom. The minimum absolute atomic E-state index is 0.0773. The Labute approximate surface area is 120 Å². The van der Waals surface area contributed by atoms with Gasteiger partial charge in [-0.3, -0.25) is 0 Å². The third kappa shape index (κ3) is 4.60. The van der Waals surface area contributed by atoms with Crippen LogP contribution in [0.25, 0.3) is 0 Å². The summed E-state index contributed by atoms with van der Waals surface area (Å²) < 4.78 is 4.97. The summed E-state index contributed by atoms with van der Waals surface area (Å²) in [4.78, 5) is 22.5. The molecule has 0 unspecified atom stereocenters. The highest BCUT2D eigenvalue weighted by atomic mass is 35.5. The van der Waals surface area contributed by atoms with E-state index in [0.717, 1.165) is 0 Å². The molecule has 0 aliphatic carbocycles. The average Bonchev–Trinajstić information content (AvgIpc) is 2.38. The SMILES string of the molecule is COc1ccc(NC(=O)N[C@H](CCO)C(=O)O)cc1Cl. The zero-order chi connectivity index (χ0) is 15.1. The quantitative estimate of drug-likeness (QED) is 0.633. The summed E-state index contributed by atoms with van der Waals surface area (Å²) >= 11 is 5.90. The number of nitrogens with one attached hydrogen (secondary N) is 2. The second-order valence-electron chi connectivity index (χ2n) is 3.85. The van der Waals surface area contributed by atoms with Crippen molar-refractivity contribution in [2.45, 2.75) is 12.5 Å². The Hall–Kier alpha value is -1.99. The van der Waals surface area contributed by atoms with Crippen LogP contribution in [-0.4, -0.2) is 42.0 Å². The van der Waals surface area contributed by atoms with Crippen LogP contribution in [-0.2, 0) is 4.79 Å². The summed E-state index contributed by atoms with van der Waals surface area (Å²) in [7, 11) is 1.47. The largest absolute Gasteiger partial charge is 0.495 e. The second kappa shape index (κ2) is 7.56. The van der Waals surface area contributed by atoms with Gasteiger partial charge in [0, 0.05) is 18.7 Å². The molecule has 0 saturated heterocycles. The molecule has 1 aromatic carbocycles. The van der Waals surface area contributed by atoms with Gasteiger partial charge in [-0.1, -0.05) is 11.6 Å². The first-order valence-electron chi connectivity index (χ1n) is 5.72. The molecule has 0 aliphatic heterocycles. The molecule has 8 heteroatoms. The van der Waals surface area contributed by atoms with Crippen molar-refractivity contribution in [1.82, 2.24) is 5.32 Å². The van der Waals surface area contributed by atoms with Crippen molar-refractivity contribution in [2.75, 3.05) is 19.0 Å². The van der Waals surface area contributed by atoms with Crippen molar-refractivity contribution < 1.29 is 24.5 Å². The van der Waals surface area contributed by atoms with E-state index in [4.69, 9.17) is 26.6 Å². The number of hydrogen-bond donors (Lipinski definition) is 4. The van der Waals surface area contributed by atoms with Crippen LogP contribution < -0.4 is 15.4 Å². The number of carboxylic acid groups (broad SMARTS) is 1. The number of aliphatic carboxylic acids is 1. The molecule has 2 amide bonds. The zero-order valence-electron chi connectivity index (χ0n) is 10.7.